The molecule has 0 radical (unpaired) electrons. The summed E-state index contributed by atoms with van der Waals surface area (Å²) >= 11 is 6.09. The number of aromatic nitrogens is 2. The molecule has 29 heavy (non-hydrogen) atoms. The second-order valence-corrected chi connectivity index (χ2v) is 7.64. The number of hydrogen-bond donors (Lipinski definition) is 0. The van der Waals surface area contributed by atoms with Gasteiger partial charge in [0.2, 0.25) is 0 Å². The lowest BCUT2D eigenvalue weighted by molar-refractivity contribution is 0.0747. The maximum absolute atomic E-state index is 13.0. The Morgan fingerprint density at radius 2 is 1.66 bits per heavy atom. The molecule has 0 aliphatic carbocycles. The Morgan fingerprint density at radius 1 is 0.862 bits per heavy atom. The fourth-order valence-corrected chi connectivity index (χ4v) is 4.06. The SMILES string of the molecule is O=C(c1ccc2ccccc2c1)N1CCN(c2ncnc3cc(Cl)ccc23)CC1. The van der Waals surface area contributed by atoms with Crippen LogP contribution in [0.1, 0.15) is 10.4 Å². The van der Waals surface area contributed by atoms with Crippen molar-refractivity contribution in [1.29, 1.82) is 0 Å². The maximum Gasteiger partial charge on any atom is 0.253 e. The van der Waals surface area contributed by atoms with Gasteiger partial charge in [-0.05, 0) is 41.1 Å². The minimum absolute atomic E-state index is 0.0785. The number of fused-ring (bicyclic) bond motifs is 2. The van der Waals surface area contributed by atoms with Crippen molar-refractivity contribution in [2.75, 3.05) is 31.1 Å². The molecule has 1 saturated heterocycles. The summed E-state index contributed by atoms with van der Waals surface area (Å²) in [5, 5.41) is 3.87. The molecular formula is C23H19ClN4O. The first-order valence-electron chi connectivity index (χ1n) is 9.62. The van der Waals surface area contributed by atoms with E-state index in [-0.39, 0.29) is 5.91 Å². The quantitative estimate of drug-likeness (QED) is 0.498. The molecule has 0 atom stereocenters. The standard InChI is InChI=1S/C23H19ClN4O/c24-19-7-8-20-21(14-19)25-15-26-22(20)27-9-11-28(12-10-27)23(29)18-6-5-16-3-1-2-4-17(16)13-18/h1-8,13-15H,9-12H2. The monoisotopic (exact) mass is 402 g/mol. The van der Waals surface area contributed by atoms with Crippen LogP contribution in [0.2, 0.25) is 5.02 Å². The van der Waals surface area contributed by atoms with Crippen LogP contribution in [0.4, 0.5) is 5.82 Å². The number of anilines is 1. The van der Waals surface area contributed by atoms with E-state index >= 15 is 0 Å². The van der Waals surface area contributed by atoms with Crippen molar-refractivity contribution in [1.82, 2.24) is 14.9 Å². The van der Waals surface area contributed by atoms with Gasteiger partial charge >= 0.3 is 0 Å². The van der Waals surface area contributed by atoms with Gasteiger partial charge in [-0.1, -0.05) is 41.9 Å². The van der Waals surface area contributed by atoms with Crippen molar-refractivity contribution in [3.63, 3.8) is 0 Å². The third kappa shape index (κ3) is 3.38. The van der Waals surface area contributed by atoms with Crippen LogP contribution in [0, 0.1) is 0 Å². The molecule has 0 spiro atoms. The molecule has 0 saturated carbocycles. The fourth-order valence-electron chi connectivity index (χ4n) is 3.89. The minimum Gasteiger partial charge on any atom is -0.352 e. The lowest BCUT2D eigenvalue weighted by atomic mass is 10.1. The van der Waals surface area contributed by atoms with Crippen LogP contribution in [0.15, 0.2) is 67.0 Å². The van der Waals surface area contributed by atoms with E-state index in [1.807, 2.05) is 59.5 Å². The van der Waals surface area contributed by atoms with E-state index in [2.05, 4.69) is 20.9 Å². The summed E-state index contributed by atoms with van der Waals surface area (Å²) in [7, 11) is 0. The number of rotatable bonds is 2. The average molecular weight is 403 g/mol. The van der Waals surface area contributed by atoms with E-state index in [0.29, 0.717) is 18.1 Å². The Labute approximate surface area is 173 Å². The van der Waals surface area contributed by atoms with Crippen molar-refractivity contribution in [2.24, 2.45) is 0 Å². The van der Waals surface area contributed by atoms with Gasteiger partial charge in [-0.2, -0.15) is 0 Å². The third-order valence-corrected chi connectivity index (χ3v) is 5.68. The number of hydrogen-bond acceptors (Lipinski definition) is 4. The highest BCUT2D eigenvalue weighted by atomic mass is 35.5. The average Bonchev–Trinajstić information content (AvgIpc) is 2.78. The Kier molecular flexibility index (Phi) is 4.52. The molecule has 144 valence electrons. The molecule has 1 aliphatic rings. The second kappa shape index (κ2) is 7.33. The number of benzene rings is 3. The van der Waals surface area contributed by atoms with Gasteiger partial charge in [0.25, 0.3) is 5.91 Å². The predicted molar refractivity (Wildman–Crippen MR) is 117 cm³/mol. The van der Waals surface area contributed by atoms with Gasteiger partial charge in [0.1, 0.15) is 12.1 Å². The number of carbonyl (C=O) groups excluding carboxylic acids is 1. The fraction of sp³-hybridized carbons (Fsp3) is 0.174. The molecule has 1 amide bonds. The molecule has 5 rings (SSSR count). The summed E-state index contributed by atoms with van der Waals surface area (Å²) in [6.07, 6.45) is 1.57. The van der Waals surface area contributed by atoms with Crippen molar-refractivity contribution in [3.05, 3.63) is 77.6 Å². The lowest BCUT2D eigenvalue weighted by Crippen LogP contribution is -2.49. The zero-order chi connectivity index (χ0) is 19.8. The molecule has 0 N–H and O–H groups in total. The summed E-state index contributed by atoms with van der Waals surface area (Å²) < 4.78 is 0. The van der Waals surface area contributed by atoms with Gasteiger partial charge in [0, 0.05) is 42.2 Å². The number of carbonyl (C=O) groups is 1. The van der Waals surface area contributed by atoms with Crippen molar-refractivity contribution < 1.29 is 4.79 Å². The molecule has 0 bridgehead atoms. The number of amides is 1. The maximum atomic E-state index is 13.0. The summed E-state index contributed by atoms with van der Waals surface area (Å²) in [5.74, 6) is 0.971. The van der Waals surface area contributed by atoms with Crippen molar-refractivity contribution >= 4 is 45.0 Å². The molecular weight excluding hydrogens is 384 g/mol. The van der Waals surface area contributed by atoms with Gasteiger partial charge in [0.15, 0.2) is 0 Å². The first kappa shape index (κ1) is 17.9. The van der Waals surface area contributed by atoms with Gasteiger partial charge < -0.3 is 9.80 Å². The van der Waals surface area contributed by atoms with E-state index in [0.717, 1.165) is 46.1 Å². The van der Waals surface area contributed by atoms with Gasteiger partial charge in [-0.3, -0.25) is 4.79 Å². The normalized spacial score (nSPS) is 14.5. The van der Waals surface area contributed by atoms with Crippen LogP contribution in [-0.4, -0.2) is 47.0 Å². The van der Waals surface area contributed by atoms with Crippen LogP contribution < -0.4 is 4.90 Å². The van der Waals surface area contributed by atoms with Gasteiger partial charge in [0.05, 0.1) is 5.52 Å². The second-order valence-electron chi connectivity index (χ2n) is 7.20. The van der Waals surface area contributed by atoms with Gasteiger partial charge in [-0.15, -0.1) is 0 Å². The Bertz CT molecular complexity index is 1220. The van der Waals surface area contributed by atoms with E-state index in [4.69, 9.17) is 11.6 Å². The molecule has 1 aliphatic heterocycles. The van der Waals surface area contributed by atoms with Crippen LogP contribution in [0.5, 0.6) is 0 Å². The zero-order valence-corrected chi connectivity index (χ0v) is 16.5. The third-order valence-electron chi connectivity index (χ3n) is 5.44. The zero-order valence-electron chi connectivity index (χ0n) is 15.8. The highest BCUT2D eigenvalue weighted by Gasteiger charge is 2.24. The first-order chi connectivity index (χ1) is 14.2. The van der Waals surface area contributed by atoms with E-state index in [1.165, 1.54) is 0 Å². The van der Waals surface area contributed by atoms with Crippen LogP contribution >= 0.6 is 11.6 Å². The molecule has 2 heterocycles. The summed E-state index contributed by atoms with van der Waals surface area (Å²) in [6.45, 7) is 2.78. The predicted octanol–water partition coefficient (Wildman–Crippen LogP) is 4.40. The first-order valence-corrected chi connectivity index (χ1v) is 10.0. The number of nitrogens with zero attached hydrogens (tertiary/aromatic N) is 4. The van der Waals surface area contributed by atoms with Crippen LogP contribution in [0.25, 0.3) is 21.7 Å². The Balaban J connectivity index is 1.34. The highest BCUT2D eigenvalue weighted by Crippen LogP contribution is 2.26. The topological polar surface area (TPSA) is 49.3 Å². The van der Waals surface area contributed by atoms with E-state index in [9.17, 15) is 4.79 Å². The molecule has 6 heteroatoms. The lowest BCUT2D eigenvalue weighted by Gasteiger charge is -2.35. The van der Waals surface area contributed by atoms with Gasteiger partial charge in [-0.25, -0.2) is 9.97 Å². The Morgan fingerprint density at radius 3 is 2.48 bits per heavy atom. The summed E-state index contributed by atoms with van der Waals surface area (Å²) in [4.78, 5) is 25.9. The van der Waals surface area contributed by atoms with Crippen LogP contribution in [0.3, 0.4) is 0 Å². The van der Waals surface area contributed by atoms with Crippen molar-refractivity contribution in [2.45, 2.75) is 0 Å². The molecule has 4 aromatic rings. The van der Waals surface area contributed by atoms with Crippen LogP contribution in [-0.2, 0) is 0 Å². The molecule has 3 aromatic carbocycles. The smallest absolute Gasteiger partial charge is 0.253 e. The summed E-state index contributed by atoms with van der Waals surface area (Å²) in [6, 6.07) is 19.7. The molecule has 1 aromatic heterocycles. The molecule has 0 unspecified atom stereocenters. The van der Waals surface area contributed by atoms with E-state index < -0.39 is 0 Å². The highest BCUT2D eigenvalue weighted by molar-refractivity contribution is 6.31. The number of piperazine rings is 1. The Hall–Kier alpha value is -3.18. The summed E-state index contributed by atoms with van der Waals surface area (Å²) in [5.41, 5.74) is 1.57. The molecule has 1 fully saturated rings. The largest absolute Gasteiger partial charge is 0.352 e. The number of halogens is 1. The molecule has 5 nitrogen and oxygen atoms in total. The minimum atomic E-state index is 0.0785. The van der Waals surface area contributed by atoms with E-state index in [1.54, 1.807) is 6.33 Å². The van der Waals surface area contributed by atoms with Crippen molar-refractivity contribution in [3.8, 4) is 0 Å².